The highest BCUT2D eigenvalue weighted by molar-refractivity contribution is 7.21. The standard InChI is InChI=1S/C15H15Cl2NOS/c1-9-4-2-3-7-18(9)15(19)14-13(17)11-6-5-10(16)8-12(11)20-14/h5-6,8-9H,2-4,7H2,1H3/t9-/m1/s1. The second-order valence-corrected chi connectivity index (χ2v) is 7.10. The maximum Gasteiger partial charge on any atom is 0.265 e. The van der Waals surface area contributed by atoms with E-state index >= 15 is 0 Å². The van der Waals surface area contributed by atoms with E-state index < -0.39 is 0 Å². The van der Waals surface area contributed by atoms with E-state index in [-0.39, 0.29) is 5.91 Å². The van der Waals surface area contributed by atoms with Gasteiger partial charge in [0.15, 0.2) is 0 Å². The molecule has 0 spiro atoms. The van der Waals surface area contributed by atoms with Gasteiger partial charge in [-0.25, -0.2) is 0 Å². The predicted molar refractivity (Wildman–Crippen MR) is 86.2 cm³/mol. The molecule has 0 unspecified atom stereocenters. The van der Waals surface area contributed by atoms with E-state index in [1.165, 1.54) is 17.8 Å². The topological polar surface area (TPSA) is 20.3 Å². The average Bonchev–Trinajstić information content (AvgIpc) is 2.75. The van der Waals surface area contributed by atoms with Crippen LogP contribution in [-0.4, -0.2) is 23.4 Å². The lowest BCUT2D eigenvalue weighted by atomic mass is 10.0. The molecular weight excluding hydrogens is 313 g/mol. The zero-order chi connectivity index (χ0) is 14.3. The normalized spacial score (nSPS) is 19.6. The first kappa shape index (κ1) is 14.2. The van der Waals surface area contributed by atoms with Crippen LogP contribution in [0.2, 0.25) is 10.0 Å². The molecule has 2 nitrogen and oxygen atoms in total. The Morgan fingerprint density at radius 2 is 2.15 bits per heavy atom. The smallest absolute Gasteiger partial charge is 0.265 e. The number of piperidine rings is 1. The summed E-state index contributed by atoms with van der Waals surface area (Å²) in [5.41, 5.74) is 0. The van der Waals surface area contributed by atoms with Crippen molar-refractivity contribution in [1.82, 2.24) is 4.90 Å². The van der Waals surface area contributed by atoms with Crippen molar-refractivity contribution in [2.45, 2.75) is 32.2 Å². The molecule has 0 bridgehead atoms. The first-order valence-electron chi connectivity index (χ1n) is 6.76. The van der Waals surface area contributed by atoms with Gasteiger partial charge in [0.05, 0.1) is 5.02 Å². The Morgan fingerprint density at radius 3 is 2.90 bits per heavy atom. The minimum Gasteiger partial charge on any atom is -0.335 e. The second-order valence-electron chi connectivity index (χ2n) is 5.23. The Kier molecular flexibility index (Phi) is 3.93. The Morgan fingerprint density at radius 1 is 1.35 bits per heavy atom. The predicted octanol–water partition coefficient (Wildman–Crippen LogP) is 5.22. The number of benzene rings is 1. The molecule has 3 rings (SSSR count). The summed E-state index contributed by atoms with van der Waals surface area (Å²) >= 11 is 13.8. The summed E-state index contributed by atoms with van der Waals surface area (Å²) in [5, 5.41) is 2.14. The van der Waals surface area contributed by atoms with Crippen LogP contribution < -0.4 is 0 Å². The maximum absolute atomic E-state index is 12.7. The third kappa shape index (κ3) is 2.43. The Bertz CT molecular complexity index is 667. The van der Waals surface area contributed by atoms with E-state index in [0.717, 1.165) is 29.5 Å². The van der Waals surface area contributed by atoms with Crippen LogP contribution in [0.3, 0.4) is 0 Å². The highest BCUT2D eigenvalue weighted by Crippen LogP contribution is 2.38. The molecule has 0 saturated carbocycles. The van der Waals surface area contributed by atoms with Gasteiger partial charge in [-0.3, -0.25) is 4.79 Å². The Hall–Kier alpha value is -0.770. The number of thiophene rings is 1. The molecule has 1 aliphatic heterocycles. The van der Waals surface area contributed by atoms with E-state index in [4.69, 9.17) is 23.2 Å². The Balaban J connectivity index is 2.01. The molecular formula is C15H15Cl2NOS. The largest absolute Gasteiger partial charge is 0.335 e. The molecule has 1 saturated heterocycles. The zero-order valence-corrected chi connectivity index (χ0v) is 13.5. The van der Waals surface area contributed by atoms with Crippen LogP contribution in [0.15, 0.2) is 18.2 Å². The van der Waals surface area contributed by atoms with Crippen LogP contribution in [-0.2, 0) is 0 Å². The van der Waals surface area contributed by atoms with E-state index in [1.54, 1.807) is 6.07 Å². The van der Waals surface area contributed by atoms with Crippen LogP contribution in [0.1, 0.15) is 35.9 Å². The summed E-state index contributed by atoms with van der Waals surface area (Å²) in [7, 11) is 0. The molecule has 1 fully saturated rings. The molecule has 106 valence electrons. The molecule has 2 aromatic rings. The van der Waals surface area contributed by atoms with Crippen molar-refractivity contribution in [3.63, 3.8) is 0 Å². The van der Waals surface area contributed by atoms with Crippen molar-refractivity contribution in [1.29, 1.82) is 0 Å². The minimum atomic E-state index is 0.0551. The number of nitrogens with zero attached hydrogens (tertiary/aromatic N) is 1. The maximum atomic E-state index is 12.7. The van der Waals surface area contributed by atoms with Gasteiger partial charge in [-0.15, -0.1) is 11.3 Å². The molecule has 2 heterocycles. The van der Waals surface area contributed by atoms with Gasteiger partial charge in [-0.2, -0.15) is 0 Å². The first-order chi connectivity index (χ1) is 9.58. The lowest BCUT2D eigenvalue weighted by Gasteiger charge is -2.33. The summed E-state index contributed by atoms with van der Waals surface area (Å²) in [4.78, 5) is 15.3. The number of amides is 1. The van der Waals surface area contributed by atoms with Crippen LogP contribution >= 0.6 is 34.5 Å². The summed E-state index contributed by atoms with van der Waals surface area (Å²) in [6.45, 7) is 2.93. The van der Waals surface area contributed by atoms with Crippen molar-refractivity contribution in [2.75, 3.05) is 6.54 Å². The second kappa shape index (κ2) is 5.55. The highest BCUT2D eigenvalue weighted by atomic mass is 35.5. The number of halogens is 2. The number of hydrogen-bond acceptors (Lipinski definition) is 2. The van der Waals surface area contributed by atoms with Crippen molar-refractivity contribution in [3.8, 4) is 0 Å². The van der Waals surface area contributed by atoms with Crippen LogP contribution in [0, 0.1) is 0 Å². The number of likely N-dealkylation sites (tertiary alicyclic amines) is 1. The summed E-state index contributed by atoms with van der Waals surface area (Å²) in [6.07, 6.45) is 3.34. The molecule has 0 aliphatic carbocycles. The van der Waals surface area contributed by atoms with Gasteiger partial charge >= 0.3 is 0 Å². The zero-order valence-electron chi connectivity index (χ0n) is 11.2. The van der Waals surface area contributed by atoms with Crippen molar-refractivity contribution in [3.05, 3.63) is 33.1 Å². The number of carbonyl (C=O) groups is 1. The SMILES string of the molecule is C[C@@H]1CCCCN1C(=O)c1sc2cc(Cl)ccc2c1Cl. The third-order valence-electron chi connectivity index (χ3n) is 3.85. The molecule has 5 heteroatoms. The molecule has 0 N–H and O–H groups in total. The molecule has 0 radical (unpaired) electrons. The first-order valence-corrected chi connectivity index (χ1v) is 8.33. The number of fused-ring (bicyclic) bond motifs is 1. The van der Waals surface area contributed by atoms with Crippen molar-refractivity contribution >= 4 is 50.5 Å². The minimum absolute atomic E-state index is 0.0551. The van der Waals surface area contributed by atoms with E-state index in [0.29, 0.717) is 21.0 Å². The number of rotatable bonds is 1. The van der Waals surface area contributed by atoms with Gasteiger partial charge in [0, 0.05) is 27.7 Å². The highest BCUT2D eigenvalue weighted by Gasteiger charge is 2.27. The van der Waals surface area contributed by atoms with Gasteiger partial charge in [0.25, 0.3) is 5.91 Å². The number of hydrogen-bond donors (Lipinski definition) is 0. The average molecular weight is 328 g/mol. The van der Waals surface area contributed by atoms with Crippen molar-refractivity contribution in [2.24, 2.45) is 0 Å². The molecule has 1 aromatic carbocycles. The fourth-order valence-corrected chi connectivity index (χ4v) is 4.45. The van der Waals surface area contributed by atoms with Crippen LogP contribution in [0.4, 0.5) is 0 Å². The van der Waals surface area contributed by atoms with Gasteiger partial charge in [0.2, 0.25) is 0 Å². The third-order valence-corrected chi connectivity index (χ3v) is 5.73. The fraction of sp³-hybridized carbons (Fsp3) is 0.400. The van der Waals surface area contributed by atoms with Gasteiger partial charge in [-0.05, 0) is 38.3 Å². The summed E-state index contributed by atoms with van der Waals surface area (Å²) in [6, 6.07) is 5.85. The quantitative estimate of drug-likeness (QED) is 0.702. The fourth-order valence-electron chi connectivity index (χ4n) is 2.71. The van der Waals surface area contributed by atoms with Gasteiger partial charge in [-0.1, -0.05) is 29.3 Å². The summed E-state index contributed by atoms with van der Waals surface area (Å²) < 4.78 is 0.968. The van der Waals surface area contributed by atoms with Crippen molar-refractivity contribution < 1.29 is 4.79 Å². The number of carbonyl (C=O) groups excluding carboxylic acids is 1. The lowest BCUT2D eigenvalue weighted by Crippen LogP contribution is -2.41. The molecule has 20 heavy (non-hydrogen) atoms. The van der Waals surface area contributed by atoms with E-state index in [2.05, 4.69) is 6.92 Å². The van der Waals surface area contributed by atoms with Gasteiger partial charge < -0.3 is 4.90 Å². The van der Waals surface area contributed by atoms with Crippen LogP contribution in [0.25, 0.3) is 10.1 Å². The molecule has 1 atom stereocenters. The monoisotopic (exact) mass is 327 g/mol. The molecule has 1 aromatic heterocycles. The summed E-state index contributed by atoms with van der Waals surface area (Å²) in [5.74, 6) is 0.0551. The Labute approximate surface area is 132 Å². The van der Waals surface area contributed by atoms with Crippen LogP contribution in [0.5, 0.6) is 0 Å². The van der Waals surface area contributed by atoms with Gasteiger partial charge in [0.1, 0.15) is 4.88 Å². The van der Waals surface area contributed by atoms with E-state index in [1.807, 2.05) is 17.0 Å². The lowest BCUT2D eigenvalue weighted by molar-refractivity contribution is 0.0641. The molecule has 1 amide bonds. The molecule has 1 aliphatic rings. The van der Waals surface area contributed by atoms with E-state index in [9.17, 15) is 4.79 Å².